The maximum atomic E-state index is 13.9. The Balaban J connectivity index is 0.896. The van der Waals surface area contributed by atoms with Crippen LogP contribution < -0.4 is 4.90 Å². The van der Waals surface area contributed by atoms with Crippen LogP contribution in [0.5, 0.6) is 0 Å². The van der Waals surface area contributed by atoms with Gasteiger partial charge in [0.15, 0.2) is 5.82 Å². The van der Waals surface area contributed by atoms with Crippen LogP contribution >= 0.6 is 0 Å². The number of hydrogen-bond acceptors (Lipinski definition) is 7. The highest BCUT2D eigenvalue weighted by molar-refractivity contribution is 6.00. The molecule has 1 saturated heterocycles. The summed E-state index contributed by atoms with van der Waals surface area (Å²) in [5.41, 5.74) is 3.84. The lowest BCUT2D eigenvalue weighted by atomic mass is 9.98. The van der Waals surface area contributed by atoms with Gasteiger partial charge in [0.2, 0.25) is 11.8 Å². The van der Waals surface area contributed by atoms with E-state index in [9.17, 15) is 22.8 Å². The number of pyridine rings is 1. The number of nitrogens with zero attached hydrogens (tertiary/aromatic N) is 8. The third-order valence-electron chi connectivity index (χ3n) is 10.9. The summed E-state index contributed by atoms with van der Waals surface area (Å²) in [4.78, 5) is 41.3. The van der Waals surface area contributed by atoms with Crippen LogP contribution in [0.25, 0.3) is 39.1 Å². The molecule has 0 spiro atoms. The average Bonchev–Trinajstić information content (AvgIpc) is 3.44. The molecule has 2 aliphatic heterocycles. The topological polar surface area (TPSA) is 116 Å². The van der Waals surface area contributed by atoms with Crippen molar-refractivity contribution in [3.8, 4) is 22.6 Å². The molecule has 274 valence electrons. The summed E-state index contributed by atoms with van der Waals surface area (Å²) >= 11 is 0. The van der Waals surface area contributed by atoms with Gasteiger partial charge in [-0.15, -0.1) is 0 Å². The molecule has 1 aliphatic carbocycles. The number of likely N-dealkylation sites (tertiary alicyclic amines) is 1. The van der Waals surface area contributed by atoms with Crippen molar-refractivity contribution in [3.63, 3.8) is 0 Å². The number of halogens is 3. The summed E-state index contributed by atoms with van der Waals surface area (Å²) in [6, 6.07) is 16.9. The van der Waals surface area contributed by atoms with Crippen LogP contribution in [-0.4, -0.2) is 97.0 Å². The number of aryl methyl sites for hydroxylation is 1. The van der Waals surface area contributed by atoms with Gasteiger partial charge in [-0.1, -0.05) is 30.3 Å². The van der Waals surface area contributed by atoms with Crippen LogP contribution in [0, 0.1) is 5.92 Å². The van der Waals surface area contributed by atoms with E-state index in [0.29, 0.717) is 72.8 Å². The molecule has 3 aromatic heterocycles. The molecular weight excluding hydrogens is 683 g/mol. The summed E-state index contributed by atoms with van der Waals surface area (Å²) in [6.45, 7) is 4.94. The minimum absolute atomic E-state index is 0.00665. The van der Waals surface area contributed by atoms with Crippen molar-refractivity contribution in [3.05, 3.63) is 84.5 Å². The molecule has 5 heterocycles. The van der Waals surface area contributed by atoms with Crippen LogP contribution in [0.2, 0.25) is 0 Å². The summed E-state index contributed by atoms with van der Waals surface area (Å²) < 4.78 is 43.2. The molecule has 0 radical (unpaired) electrons. The van der Waals surface area contributed by atoms with Crippen LogP contribution in [-0.2, 0) is 22.1 Å². The molecule has 8 rings (SSSR count). The zero-order valence-electron chi connectivity index (χ0n) is 29.6. The van der Waals surface area contributed by atoms with Crippen LogP contribution in [0.1, 0.15) is 43.9 Å². The second-order valence-electron chi connectivity index (χ2n) is 14.3. The van der Waals surface area contributed by atoms with Crippen molar-refractivity contribution in [1.82, 2.24) is 39.7 Å². The largest absolute Gasteiger partial charge is 0.399 e. The van der Waals surface area contributed by atoms with Crippen molar-refractivity contribution in [1.29, 1.82) is 0 Å². The summed E-state index contributed by atoms with van der Waals surface area (Å²) in [6.07, 6.45) is 2.29. The Labute approximate surface area is 304 Å². The fourth-order valence-electron chi connectivity index (χ4n) is 7.66. The average molecular weight is 724 g/mol. The second-order valence-corrected chi connectivity index (χ2v) is 14.3. The highest BCUT2D eigenvalue weighted by atomic mass is 19.4. The first kappa shape index (κ1) is 34.7. The first-order chi connectivity index (χ1) is 25.5. The molecule has 1 N–H and O–H groups in total. The molecule has 0 unspecified atom stereocenters. The summed E-state index contributed by atoms with van der Waals surface area (Å²) in [5, 5.41) is 12.5. The number of rotatable bonds is 9. The van der Waals surface area contributed by atoms with E-state index >= 15 is 0 Å². The van der Waals surface area contributed by atoms with Crippen molar-refractivity contribution in [2.24, 2.45) is 13.0 Å². The van der Waals surface area contributed by atoms with E-state index in [0.717, 1.165) is 17.5 Å². The maximum Gasteiger partial charge on any atom is 0.399 e. The first-order valence-corrected chi connectivity index (χ1v) is 18.0. The van der Waals surface area contributed by atoms with Gasteiger partial charge in [0.1, 0.15) is 17.4 Å². The number of H-pyrrole nitrogens is 1. The standard InChI is InChI=1S/C39H40F3N9O2/c1-3-51(30-8-9-32-31(21-30)35(46-45-32)28-10-16-43-33(20-28)38(14-15-38)39(40,41)42)37(53)29-11-17-49(22-29)23-34(52)50-18-12-26(13-19-50)25-4-6-27(7-5-25)36-44-24-48(2)47-36/h4-10,12,16,20-21,24,29H,3,11,13-15,17-19,22-23H2,1-2H3,(H,45,46)/t29-/m1/s1. The number of fused-ring (bicyclic) bond motifs is 1. The van der Waals surface area contributed by atoms with Gasteiger partial charge in [-0.25, -0.2) is 4.98 Å². The lowest BCUT2D eigenvalue weighted by Gasteiger charge is -2.29. The van der Waals surface area contributed by atoms with Crippen LogP contribution in [0.4, 0.5) is 18.9 Å². The molecule has 14 heteroatoms. The van der Waals surface area contributed by atoms with Crippen molar-refractivity contribution >= 4 is 34.0 Å². The predicted molar refractivity (Wildman–Crippen MR) is 194 cm³/mol. The molecule has 2 amide bonds. The van der Waals surface area contributed by atoms with Gasteiger partial charge in [-0.05, 0) is 80.6 Å². The van der Waals surface area contributed by atoms with Crippen LogP contribution in [0.15, 0.2) is 73.2 Å². The van der Waals surface area contributed by atoms with Crippen molar-refractivity contribution in [2.75, 3.05) is 44.2 Å². The number of carbonyl (C=O) groups excluding carboxylic acids is 2. The number of aromatic nitrogens is 6. The molecule has 5 aromatic rings. The molecule has 53 heavy (non-hydrogen) atoms. The number of carbonyl (C=O) groups is 2. The van der Waals surface area contributed by atoms with Gasteiger partial charge in [0, 0.05) is 61.6 Å². The minimum atomic E-state index is -4.37. The molecule has 2 fully saturated rings. The number of aromatic amines is 1. The third kappa shape index (κ3) is 6.60. The fraction of sp³-hybridized carbons (Fsp3) is 0.385. The first-order valence-electron chi connectivity index (χ1n) is 18.0. The Kier molecular flexibility index (Phi) is 8.88. The summed E-state index contributed by atoms with van der Waals surface area (Å²) in [5.74, 6) is 0.455. The molecular formula is C39H40F3N9O2. The highest BCUT2D eigenvalue weighted by Gasteiger charge is 2.65. The van der Waals surface area contributed by atoms with E-state index in [1.165, 1.54) is 17.8 Å². The zero-order valence-corrected chi connectivity index (χ0v) is 29.6. The monoisotopic (exact) mass is 723 g/mol. The lowest BCUT2D eigenvalue weighted by Crippen LogP contribution is -2.42. The van der Waals surface area contributed by atoms with Crippen LogP contribution in [0.3, 0.4) is 0 Å². The zero-order chi connectivity index (χ0) is 36.9. The molecule has 11 nitrogen and oxygen atoms in total. The number of benzene rings is 2. The second kappa shape index (κ2) is 13.6. The Hall–Kier alpha value is -5.37. The predicted octanol–water partition coefficient (Wildman–Crippen LogP) is 6.01. The minimum Gasteiger partial charge on any atom is -0.338 e. The summed E-state index contributed by atoms with van der Waals surface area (Å²) in [7, 11) is 1.84. The molecule has 1 saturated carbocycles. The van der Waals surface area contributed by atoms with Gasteiger partial charge in [-0.3, -0.25) is 29.3 Å². The van der Waals surface area contributed by atoms with E-state index < -0.39 is 11.6 Å². The Bertz CT molecular complexity index is 2200. The third-order valence-corrected chi connectivity index (χ3v) is 10.9. The van der Waals surface area contributed by atoms with Gasteiger partial charge in [0.25, 0.3) is 0 Å². The number of alkyl halides is 3. The number of nitrogens with one attached hydrogen (secondary N) is 1. The smallest absolute Gasteiger partial charge is 0.338 e. The van der Waals surface area contributed by atoms with E-state index in [1.807, 2.05) is 49.2 Å². The van der Waals surface area contributed by atoms with E-state index in [4.69, 9.17) is 0 Å². The lowest BCUT2D eigenvalue weighted by molar-refractivity contribution is -0.161. The Morgan fingerprint density at radius 1 is 1.00 bits per heavy atom. The SMILES string of the molecule is CCN(C(=O)[C@@H]1CCN(CC(=O)N2CC=C(c3ccc(-c4ncn(C)n4)cc3)CC2)C1)c1ccc2[nH]nc(-c3ccnc(C4(C(F)(F)F)CC4)c3)c2c1. The van der Waals surface area contributed by atoms with Gasteiger partial charge in [0.05, 0.1) is 23.7 Å². The van der Waals surface area contributed by atoms with E-state index in [2.05, 4.69) is 48.4 Å². The number of anilines is 1. The molecule has 1 atom stereocenters. The maximum absolute atomic E-state index is 13.9. The number of amides is 2. The van der Waals surface area contributed by atoms with E-state index in [-0.39, 0.29) is 42.8 Å². The van der Waals surface area contributed by atoms with Gasteiger partial charge in [-0.2, -0.15) is 23.4 Å². The quantitative estimate of drug-likeness (QED) is 0.198. The molecule has 3 aliphatic rings. The van der Waals surface area contributed by atoms with Gasteiger partial charge < -0.3 is 9.80 Å². The fourth-order valence-corrected chi connectivity index (χ4v) is 7.66. The van der Waals surface area contributed by atoms with Crippen molar-refractivity contribution < 1.29 is 22.8 Å². The highest BCUT2D eigenvalue weighted by Crippen LogP contribution is 2.58. The Morgan fingerprint density at radius 2 is 1.79 bits per heavy atom. The molecule has 2 aromatic carbocycles. The van der Waals surface area contributed by atoms with Gasteiger partial charge >= 0.3 is 6.18 Å². The number of hydrogen-bond donors (Lipinski definition) is 1. The molecule has 0 bridgehead atoms. The van der Waals surface area contributed by atoms with E-state index in [1.54, 1.807) is 22.0 Å². The van der Waals surface area contributed by atoms with Crippen molar-refractivity contribution in [2.45, 2.75) is 44.2 Å². The Morgan fingerprint density at radius 3 is 2.47 bits per heavy atom. The normalized spacial score (nSPS) is 18.7.